The van der Waals surface area contributed by atoms with Crippen molar-refractivity contribution in [3.8, 4) is 0 Å². The number of rotatable bonds is 5. The molecule has 1 unspecified atom stereocenters. The number of nitrogens with one attached hydrogen (secondary N) is 1. The van der Waals surface area contributed by atoms with E-state index in [1.165, 1.54) is 13.0 Å². The van der Waals surface area contributed by atoms with E-state index < -0.39 is 32.3 Å². The van der Waals surface area contributed by atoms with Crippen molar-refractivity contribution in [3.63, 3.8) is 0 Å². The number of aryl methyl sites for hydroxylation is 1. The standard InChI is InChI=1S/C15H17F3N2O4S/c1-9-3-6-13(24-9)14(2,21)8-20-12-5-4-10(25(19,22)23)7-11(12)15(16,17)18/h3-7,20-21H,8H2,1-2H3,(H2,19,22,23). The highest BCUT2D eigenvalue weighted by atomic mass is 32.2. The van der Waals surface area contributed by atoms with Gasteiger partial charge in [-0.3, -0.25) is 0 Å². The Morgan fingerprint density at radius 3 is 2.36 bits per heavy atom. The Hall–Kier alpha value is -2.04. The zero-order valence-electron chi connectivity index (χ0n) is 13.4. The van der Waals surface area contributed by atoms with E-state index >= 15 is 0 Å². The second-order valence-corrected chi connectivity index (χ2v) is 7.35. The highest BCUT2D eigenvalue weighted by Gasteiger charge is 2.35. The van der Waals surface area contributed by atoms with Crippen molar-refractivity contribution in [3.05, 3.63) is 47.4 Å². The minimum atomic E-state index is -4.81. The van der Waals surface area contributed by atoms with Gasteiger partial charge in [-0.05, 0) is 44.2 Å². The lowest BCUT2D eigenvalue weighted by molar-refractivity contribution is -0.137. The van der Waals surface area contributed by atoms with Crippen LogP contribution in [-0.2, 0) is 21.8 Å². The highest BCUT2D eigenvalue weighted by Crippen LogP contribution is 2.36. The lowest BCUT2D eigenvalue weighted by Crippen LogP contribution is -2.31. The van der Waals surface area contributed by atoms with Crippen LogP contribution in [0.15, 0.2) is 39.6 Å². The Morgan fingerprint density at radius 2 is 1.88 bits per heavy atom. The van der Waals surface area contributed by atoms with Crippen LogP contribution < -0.4 is 10.5 Å². The Morgan fingerprint density at radius 1 is 1.24 bits per heavy atom. The number of primary sulfonamides is 1. The molecule has 2 aromatic rings. The van der Waals surface area contributed by atoms with Gasteiger partial charge in [-0.1, -0.05) is 0 Å². The fraction of sp³-hybridized carbons (Fsp3) is 0.333. The maximum absolute atomic E-state index is 13.2. The molecule has 0 aliphatic rings. The molecule has 4 N–H and O–H groups in total. The molecule has 0 spiro atoms. The van der Waals surface area contributed by atoms with Crippen LogP contribution in [-0.4, -0.2) is 20.1 Å². The Bertz CT molecular complexity index is 873. The third-order valence-electron chi connectivity index (χ3n) is 3.52. The molecule has 0 amide bonds. The second-order valence-electron chi connectivity index (χ2n) is 5.79. The molecule has 0 aliphatic carbocycles. The third kappa shape index (κ3) is 4.53. The predicted molar refractivity (Wildman–Crippen MR) is 84.3 cm³/mol. The first-order valence-corrected chi connectivity index (χ1v) is 8.62. The van der Waals surface area contributed by atoms with Crippen molar-refractivity contribution in [2.24, 2.45) is 5.14 Å². The molecule has 1 aromatic carbocycles. The van der Waals surface area contributed by atoms with Gasteiger partial charge in [-0.2, -0.15) is 13.2 Å². The van der Waals surface area contributed by atoms with E-state index in [-0.39, 0.29) is 18.0 Å². The van der Waals surface area contributed by atoms with Gasteiger partial charge in [-0.15, -0.1) is 0 Å². The molecule has 1 heterocycles. The fourth-order valence-corrected chi connectivity index (χ4v) is 2.71. The van der Waals surface area contributed by atoms with Gasteiger partial charge in [0.05, 0.1) is 17.0 Å². The summed E-state index contributed by atoms with van der Waals surface area (Å²) in [6, 6.07) is 5.49. The maximum Gasteiger partial charge on any atom is 0.418 e. The summed E-state index contributed by atoms with van der Waals surface area (Å²) >= 11 is 0. The number of aliphatic hydroxyl groups is 1. The summed E-state index contributed by atoms with van der Waals surface area (Å²) in [4.78, 5) is -0.654. The summed E-state index contributed by atoms with van der Waals surface area (Å²) in [5.41, 5.74) is -3.16. The average molecular weight is 378 g/mol. The van der Waals surface area contributed by atoms with Gasteiger partial charge >= 0.3 is 6.18 Å². The highest BCUT2D eigenvalue weighted by molar-refractivity contribution is 7.89. The SMILES string of the molecule is Cc1ccc(C(C)(O)CNc2ccc(S(N)(=O)=O)cc2C(F)(F)F)o1. The Balaban J connectivity index is 2.33. The van der Waals surface area contributed by atoms with Crippen LogP contribution in [0.2, 0.25) is 0 Å². The molecule has 25 heavy (non-hydrogen) atoms. The number of alkyl halides is 3. The lowest BCUT2D eigenvalue weighted by Gasteiger charge is -2.23. The van der Waals surface area contributed by atoms with Gasteiger partial charge in [0.25, 0.3) is 0 Å². The Labute approximate surface area is 142 Å². The van der Waals surface area contributed by atoms with Gasteiger partial charge in [0.1, 0.15) is 17.1 Å². The van der Waals surface area contributed by atoms with Crippen molar-refractivity contribution >= 4 is 15.7 Å². The summed E-state index contributed by atoms with van der Waals surface area (Å²) in [7, 11) is -4.28. The van der Waals surface area contributed by atoms with E-state index in [0.717, 1.165) is 12.1 Å². The third-order valence-corrected chi connectivity index (χ3v) is 4.43. The molecular formula is C15H17F3N2O4S. The van der Waals surface area contributed by atoms with Crippen LogP contribution in [0.5, 0.6) is 0 Å². The zero-order chi connectivity index (χ0) is 19.0. The average Bonchev–Trinajstić information content (AvgIpc) is 2.90. The van der Waals surface area contributed by atoms with Crippen LogP contribution >= 0.6 is 0 Å². The number of anilines is 1. The molecule has 1 aromatic heterocycles. The summed E-state index contributed by atoms with van der Waals surface area (Å²) in [5, 5.41) is 17.7. The van der Waals surface area contributed by atoms with Crippen molar-refractivity contribution in [1.82, 2.24) is 0 Å². The number of hydrogen-bond donors (Lipinski definition) is 3. The van der Waals surface area contributed by atoms with Gasteiger partial charge in [-0.25, -0.2) is 13.6 Å². The first-order chi connectivity index (χ1) is 11.3. The van der Waals surface area contributed by atoms with E-state index in [1.807, 2.05) is 0 Å². The van der Waals surface area contributed by atoms with Crippen LogP contribution in [0.25, 0.3) is 0 Å². The van der Waals surface area contributed by atoms with Crippen LogP contribution in [0.3, 0.4) is 0 Å². The molecule has 6 nitrogen and oxygen atoms in total. The number of halogens is 3. The molecule has 0 saturated heterocycles. The first-order valence-electron chi connectivity index (χ1n) is 7.08. The van der Waals surface area contributed by atoms with Gasteiger partial charge in [0.15, 0.2) is 0 Å². The molecule has 0 saturated carbocycles. The second kappa shape index (κ2) is 6.36. The molecule has 0 bridgehead atoms. The van der Waals surface area contributed by atoms with Gasteiger partial charge < -0.3 is 14.8 Å². The largest absolute Gasteiger partial charge is 0.463 e. The minimum Gasteiger partial charge on any atom is -0.463 e. The molecule has 0 radical (unpaired) electrons. The summed E-state index contributed by atoms with van der Waals surface area (Å²) < 4.78 is 67.4. The van der Waals surface area contributed by atoms with E-state index in [1.54, 1.807) is 13.0 Å². The van der Waals surface area contributed by atoms with Crippen LogP contribution in [0.1, 0.15) is 24.0 Å². The number of benzene rings is 1. The van der Waals surface area contributed by atoms with Gasteiger partial charge in [0.2, 0.25) is 10.0 Å². The van der Waals surface area contributed by atoms with E-state index in [0.29, 0.717) is 11.8 Å². The molecule has 1 atom stereocenters. The molecule has 2 rings (SSSR count). The topological polar surface area (TPSA) is 106 Å². The molecule has 0 aliphatic heterocycles. The zero-order valence-corrected chi connectivity index (χ0v) is 14.2. The van der Waals surface area contributed by atoms with E-state index in [4.69, 9.17) is 9.56 Å². The summed E-state index contributed by atoms with van der Waals surface area (Å²) in [6.45, 7) is 2.75. The van der Waals surface area contributed by atoms with E-state index in [2.05, 4.69) is 5.32 Å². The molecular weight excluding hydrogens is 361 g/mol. The quantitative estimate of drug-likeness (QED) is 0.742. The number of sulfonamides is 1. The van der Waals surface area contributed by atoms with E-state index in [9.17, 15) is 26.7 Å². The number of nitrogens with two attached hydrogens (primary N) is 1. The van der Waals surface area contributed by atoms with Crippen LogP contribution in [0, 0.1) is 6.92 Å². The smallest absolute Gasteiger partial charge is 0.418 e. The normalized spacial score (nSPS) is 15.0. The predicted octanol–water partition coefficient (Wildman–Crippen LogP) is 2.57. The van der Waals surface area contributed by atoms with Crippen molar-refractivity contribution < 1.29 is 31.1 Å². The summed E-state index contributed by atoms with van der Waals surface area (Å²) in [5.74, 6) is 0.732. The van der Waals surface area contributed by atoms with Gasteiger partial charge in [0, 0.05) is 5.69 Å². The number of furan rings is 1. The minimum absolute atomic E-state index is 0.187. The molecule has 138 valence electrons. The van der Waals surface area contributed by atoms with Crippen molar-refractivity contribution in [2.75, 3.05) is 11.9 Å². The first kappa shape index (κ1) is 19.3. The fourth-order valence-electron chi connectivity index (χ4n) is 2.17. The van der Waals surface area contributed by atoms with Crippen LogP contribution in [0.4, 0.5) is 18.9 Å². The molecule has 10 heteroatoms. The maximum atomic E-state index is 13.2. The Kier molecular flexibility index (Phi) is 4.90. The van der Waals surface area contributed by atoms with Crippen molar-refractivity contribution in [2.45, 2.75) is 30.5 Å². The number of hydrogen-bond acceptors (Lipinski definition) is 5. The molecule has 0 fully saturated rings. The summed E-state index contributed by atoms with van der Waals surface area (Å²) in [6.07, 6.45) is -4.81. The monoisotopic (exact) mass is 378 g/mol. The van der Waals surface area contributed by atoms with Crippen molar-refractivity contribution in [1.29, 1.82) is 0 Å². The lowest BCUT2D eigenvalue weighted by atomic mass is 10.0.